The number of anilines is 1. The fourth-order valence-corrected chi connectivity index (χ4v) is 4.48. The highest BCUT2D eigenvalue weighted by atomic mass is 35.5. The zero-order valence-electron chi connectivity index (χ0n) is 18.0. The number of Topliss-reactive ketones (excluding diaryl/α,β-unsaturated/α-hetero) is 1. The molecule has 1 aliphatic heterocycles. The van der Waals surface area contributed by atoms with Crippen LogP contribution in [-0.4, -0.2) is 24.2 Å². The molecule has 0 saturated carbocycles. The topological polar surface area (TPSA) is 50.7 Å². The third kappa shape index (κ3) is 5.58. The molecule has 1 unspecified atom stereocenters. The molecular weight excluding hydrogens is 524 g/mol. The Labute approximate surface area is 214 Å². The summed E-state index contributed by atoms with van der Waals surface area (Å²) < 4.78 is 42.7. The first-order valence-electron chi connectivity index (χ1n) is 10.5. The predicted octanol–water partition coefficient (Wildman–Crippen LogP) is 7.45. The molecule has 1 heterocycles. The number of carbonyl (C=O) groups is 1. The smallest absolute Gasteiger partial charge is 0.377 e. The van der Waals surface area contributed by atoms with Gasteiger partial charge in [0.05, 0.1) is 23.0 Å². The lowest BCUT2D eigenvalue weighted by Crippen LogP contribution is -2.42. The summed E-state index contributed by atoms with van der Waals surface area (Å²) in [5.74, 6) is -0.0758. The fraction of sp³-hybridized carbons (Fsp3) is 0.200. The number of ketones is 1. The van der Waals surface area contributed by atoms with Crippen LogP contribution in [0.1, 0.15) is 23.1 Å². The van der Waals surface area contributed by atoms with Gasteiger partial charge in [0.15, 0.2) is 5.78 Å². The number of nitrogens with one attached hydrogen (secondary N) is 1. The summed E-state index contributed by atoms with van der Waals surface area (Å²) in [6.45, 7) is -0.00541. The molecule has 0 saturated heterocycles. The van der Waals surface area contributed by atoms with Crippen LogP contribution >= 0.6 is 34.8 Å². The minimum atomic E-state index is -4.80. The van der Waals surface area contributed by atoms with E-state index in [1.54, 1.807) is 6.07 Å². The Kier molecular flexibility index (Phi) is 7.31. The van der Waals surface area contributed by atoms with Crippen molar-refractivity contribution in [3.63, 3.8) is 0 Å². The van der Waals surface area contributed by atoms with E-state index in [1.807, 2.05) is 30.3 Å². The molecule has 35 heavy (non-hydrogen) atoms. The van der Waals surface area contributed by atoms with E-state index in [1.165, 1.54) is 18.2 Å². The van der Waals surface area contributed by atoms with E-state index in [0.717, 1.165) is 17.7 Å². The quantitative estimate of drug-likeness (QED) is 0.338. The van der Waals surface area contributed by atoms with E-state index in [0.29, 0.717) is 16.3 Å². The zero-order valence-corrected chi connectivity index (χ0v) is 20.3. The highest BCUT2D eigenvalue weighted by Crippen LogP contribution is 2.49. The number of nitrogens with zero attached hydrogens (tertiary/aromatic N) is 1. The second-order valence-electron chi connectivity index (χ2n) is 8.04. The van der Waals surface area contributed by atoms with E-state index < -0.39 is 18.2 Å². The number of halogens is 6. The summed E-state index contributed by atoms with van der Waals surface area (Å²) >= 11 is 18.1. The van der Waals surface area contributed by atoms with Gasteiger partial charge in [-0.25, -0.2) is 0 Å². The number of carbonyl (C=O) groups excluding carboxylic acids is 1. The van der Waals surface area contributed by atoms with Crippen molar-refractivity contribution in [2.24, 2.45) is 5.16 Å². The van der Waals surface area contributed by atoms with Crippen LogP contribution in [0.15, 0.2) is 71.9 Å². The SMILES string of the molecule is O=C(CNc1cc(C2=NOC(c3cc(Cl)cc(Cl)c3)(C(F)(F)F)C2)ccc1Cl)Cc1ccccc1. The van der Waals surface area contributed by atoms with E-state index in [4.69, 9.17) is 39.6 Å². The lowest BCUT2D eigenvalue weighted by molar-refractivity contribution is -0.275. The molecular formula is C25H18Cl3F3N2O2. The number of hydrogen-bond donors (Lipinski definition) is 1. The molecule has 1 aliphatic rings. The average Bonchev–Trinajstić information content (AvgIpc) is 3.26. The summed E-state index contributed by atoms with van der Waals surface area (Å²) in [6, 6.07) is 17.5. The Bertz CT molecular complexity index is 1260. The Morgan fingerprint density at radius 2 is 1.69 bits per heavy atom. The molecule has 3 aromatic carbocycles. The lowest BCUT2D eigenvalue weighted by Gasteiger charge is -2.29. The van der Waals surface area contributed by atoms with Gasteiger partial charge in [-0.2, -0.15) is 13.2 Å². The second kappa shape index (κ2) is 10.1. The third-order valence-corrected chi connectivity index (χ3v) is 6.30. The summed E-state index contributed by atoms with van der Waals surface area (Å²) in [4.78, 5) is 17.4. The van der Waals surface area contributed by atoms with E-state index in [2.05, 4.69) is 10.5 Å². The van der Waals surface area contributed by atoms with Gasteiger partial charge in [-0.1, -0.05) is 76.4 Å². The molecule has 3 aromatic rings. The summed E-state index contributed by atoms with van der Waals surface area (Å²) in [5.41, 5.74) is -1.29. The van der Waals surface area contributed by atoms with Gasteiger partial charge in [0.1, 0.15) is 0 Å². The van der Waals surface area contributed by atoms with Crippen molar-refractivity contribution in [1.82, 2.24) is 0 Å². The first-order valence-corrected chi connectivity index (χ1v) is 11.6. The number of rotatable bonds is 7. The van der Waals surface area contributed by atoms with Crippen molar-refractivity contribution >= 4 is 52.0 Å². The predicted molar refractivity (Wildman–Crippen MR) is 132 cm³/mol. The first kappa shape index (κ1) is 25.4. The number of benzene rings is 3. The number of alkyl halides is 3. The first-order chi connectivity index (χ1) is 16.6. The maximum atomic E-state index is 14.2. The molecule has 0 fully saturated rings. The van der Waals surface area contributed by atoms with Crippen molar-refractivity contribution < 1.29 is 22.8 Å². The maximum Gasteiger partial charge on any atom is 0.435 e. The highest BCUT2D eigenvalue weighted by Gasteiger charge is 2.62. The Morgan fingerprint density at radius 3 is 2.34 bits per heavy atom. The monoisotopic (exact) mass is 540 g/mol. The van der Waals surface area contributed by atoms with Gasteiger partial charge in [-0.3, -0.25) is 4.79 Å². The minimum Gasteiger partial charge on any atom is -0.377 e. The molecule has 0 radical (unpaired) electrons. The van der Waals surface area contributed by atoms with Gasteiger partial charge in [-0.15, -0.1) is 0 Å². The van der Waals surface area contributed by atoms with Crippen molar-refractivity contribution in [3.8, 4) is 0 Å². The van der Waals surface area contributed by atoms with Crippen molar-refractivity contribution in [1.29, 1.82) is 0 Å². The van der Waals surface area contributed by atoms with Gasteiger partial charge < -0.3 is 10.2 Å². The van der Waals surface area contributed by atoms with E-state index in [-0.39, 0.29) is 40.1 Å². The summed E-state index contributed by atoms with van der Waals surface area (Å²) in [7, 11) is 0. The molecule has 1 N–H and O–H groups in total. The van der Waals surface area contributed by atoms with E-state index in [9.17, 15) is 18.0 Å². The van der Waals surface area contributed by atoms with Crippen LogP contribution in [0.5, 0.6) is 0 Å². The molecule has 0 spiro atoms. The van der Waals surface area contributed by atoms with Crippen molar-refractivity contribution in [2.45, 2.75) is 24.6 Å². The second-order valence-corrected chi connectivity index (χ2v) is 9.32. The molecule has 0 aliphatic carbocycles. The van der Waals surface area contributed by atoms with Crippen molar-refractivity contribution in [2.75, 3.05) is 11.9 Å². The lowest BCUT2D eigenvalue weighted by atomic mass is 9.86. The minimum absolute atomic E-state index is 0.00541. The van der Waals surface area contributed by atoms with Crippen LogP contribution in [0.2, 0.25) is 15.1 Å². The Hall–Kier alpha value is -2.74. The maximum absolute atomic E-state index is 14.2. The van der Waals surface area contributed by atoms with Crippen LogP contribution in [0.3, 0.4) is 0 Å². The largest absolute Gasteiger partial charge is 0.435 e. The average molecular weight is 542 g/mol. The molecule has 0 aromatic heterocycles. The van der Waals surface area contributed by atoms with Crippen LogP contribution in [-0.2, 0) is 21.7 Å². The molecule has 4 rings (SSSR count). The van der Waals surface area contributed by atoms with Gasteiger partial charge in [0.2, 0.25) is 0 Å². The van der Waals surface area contributed by atoms with Gasteiger partial charge in [-0.05, 0) is 35.9 Å². The van der Waals surface area contributed by atoms with Crippen LogP contribution in [0.25, 0.3) is 0 Å². The number of oxime groups is 1. The van der Waals surface area contributed by atoms with Crippen LogP contribution in [0.4, 0.5) is 18.9 Å². The fourth-order valence-electron chi connectivity index (χ4n) is 3.77. The van der Waals surface area contributed by atoms with Gasteiger partial charge in [0.25, 0.3) is 5.60 Å². The molecule has 10 heteroatoms. The normalized spacial score (nSPS) is 17.6. The van der Waals surface area contributed by atoms with E-state index >= 15 is 0 Å². The summed E-state index contributed by atoms with van der Waals surface area (Å²) in [5, 5.41) is 7.12. The Morgan fingerprint density at radius 1 is 1.00 bits per heavy atom. The molecule has 0 amide bonds. The van der Waals surface area contributed by atoms with Crippen LogP contribution < -0.4 is 5.32 Å². The molecule has 1 atom stereocenters. The van der Waals surface area contributed by atoms with Crippen LogP contribution in [0, 0.1) is 0 Å². The summed E-state index contributed by atoms with van der Waals surface area (Å²) in [6.07, 6.45) is -5.16. The molecule has 0 bridgehead atoms. The third-order valence-electron chi connectivity index (χ3n) is 5.53. The molecule has 4 nitrogen and oxygen atoms in total. The zero-order chi connectivity index (χ0) is 25.2. The van der Waals surface area contributed by atoms with Crippen molar-refractivity contribution in [3.05, 3.63) is 98.5 Å². The van der Waals surface area contributed by atoms with Gasteiger partial charge in [0, 0.05) is 34.0 Å². The van der Waals surface area contributed by atoms with Gasteiger partial charge >= 0.3 is 6.18 Å². The Balaban J connectivity index is 1.53. The standard InChI is InChI=1S/C25H18Cl3F3N2O2/c26-18-10-17(11-19(27)12-18)24(25(29,30)31)13-23(33-35-24)16-6-7-21(28)22(9-16)32-14-20(34)8-15-4-2-1-3-5-15/h1-7,9-12,32H,8,13-14H2. The molecule has 182 valence electrons. The number of hydrogen-bond acceptors (Lipinski definition) is 4. The highest BCUT2D eigenvalue weighted by molar-refractivity contribution is 6.34.